The summed E-state index contributed by atoms with van der Waals surface area (Å²) in [5.41, 5.74) is 0.158. The van der Waals surface area contributed by atoms with Crippen molar-refractivity contribution < 1.29 is 0 Å². The van der Waals surface area contributed by atoms with Crippen LogP contribution in [0.25, 0.3) is 0 Å². The Morgan fingerprint density at radius 2 is 1.50 bits per heavy atom. The fourth-order valence-corrected chi connectivity index (χ4v) is 4.38. The Labute approximate surface area is 107 Å². The van der Waals surface area contributed by atoms with E-state index in [1.807, 2.05) is 0 Å². The molecule has 0 saturated heterocycles. The van der Waals surface area contributed by atoms with Crippen LogP contribution >= 0.6 is 11.9 Å². The van der Waals surface area contributed by atoms with Gasteiger partial charge in [-0.2, -0.15) is 0 Å². The second kappa shape index (κ2) is 5.15. The van der Waals surface area contributed by atoms with Gasteiger partial charge in [0.2, 0.25) is 0 Å². The molecule has 1 rings (SSSR count). The number of nitrogens with one attached hydrogen (secondary N) is 1. The van der Waals surface area contributed by atoms with Crippen LogP contribution in [0.15, 0.2) is 29.2 Å². The third kappa shape index (κ3) is 4.94. The summed E-state index contributed by atoms with van der Waals surface area (Å²) in [6.07, 6.45) is 0. The van der Waals surface area contributed by atoms with Crippen molar-refractivity contribution in [2.45, 2.75) is 48.5 Å². The molecule has 3 heteroatoms. The molecule has 0 aliphatic carbocycles. The Morgan fingerprint density at radius 3 is 1.88 bits per heavy atom. The summed E-state index contributed by atoms with van der Waals surface area (Å²) < 4.78 is 5.00. The van der Waals surface area contributed by atoms with Crippen molar-refractivity contribution in [2.75, 3.05) is 0 Å². The Balaban J connectivity index is 2.66. The van der Waals surface area contributed by atoms with Gasteiger partial charge in [-0.05, 0) is 0 Å². The van der Waals surface area contributed by atoms with Crippen LogP contribution in [0.5, 0.6) is 0 Å². The van der Waals surface area contributed by atoms with Crippen LogP contribution in [0.4, 0.5) is 0 Å². The fourth-order valence-electron chi connectivity index (χ4n) is 1.23. The van der Waals surface area contributed by atoms with E-state index in [9.17, 15) is 0 Å². The minimum atomic E-state index is -1.63. The van der Waals surface area contributed by atoms with Gasteiger partial charge in [-0.3, -0.25) is 0 Å². The van der Waals surface area contributed by atoms with Crippen molar-refractivity contribution in [1.82, 2.24) is 4.72 Å². The minimum absolute atomic E-state index is 0.158. The average molecular weight is 298 g/mol. The van der Waals surface area contributed by atoms with Gasteiger partial charge >= 0.3 is 107 Å². The number of hydrogen-bond donors (Lipinski definition) is 1. The Kier molecular flexibility index (Phi) is 4.55. The molecular formula is C13H23GeNS. The van der Waals surface area contributed by atoms with Crippen molar-refractivity contribution in [3.05, 3.63) is 24.3 Å². The van der Waals surface area contributed by atoms with E-state index in [1.165, 1.54) is 4.90 Å². The monoisotopic (exact) mass is 299 g/mol. The molecule has 0 heterocycles. The molecule has 0 aromatic heterocycles. The first-order chi connectivity index (χ1) is 7.18. The molecule has 0 radical (unpaired) electrons. The van der Waals surface area contributed by atoms with E-state index in [2.05, 4.69) is 67.0 Å². The molecule has 0 spiro atoms. The zero-order valence-electron chi connectivity index (χ0n) is 11.2. The molecule has 0 fully saturated rings. The van der Waals surface area contributed by atoms with Crippen LogP contribution in [0, 0.1) is 0 Å². The maximum absolute atomic E-state index is 3.43. The van der Waals surface area contributed by atoms with Crippen LogP contribution in [0.1, 0.15) is 20.8 Å². The molecule has 0 amide bonds. The quantitative estimate of drug-likeness (QED) is 0.675. The van der Waals surface area contributed by atoms with Crippen molar-refractivity contribution >= 4 is 29.6 Å². The number of hydrogen-bond acceptors (Lipinski definition) is 2. The van der Waals surface area contributed by atoms with Crippen LogP contribution in [-0.4, -0.2) is 18.8 Å². The molecule has 0 aliphatic heterocycles. The zero-order valence-corrected chi connectivity index (χ0v) is 14.1. The van der Waals surface area contributed by atoms with Crippen LogP contribution < -0.4 is 9.12 Å². The molecule has 16 heavy (non-hydrogen) atoms. The van der Waals surface area contributed by atoms with E-state index >= 15 is 0 Å². The Hall–Kier alpha value is 0.0729. The first-order valence-electron chi connectivity index (χ1n) is 5.73. The topological polar surface area (TPSA) is 12.0 Å². The van der Waals surface area contributed by atoms with Crippen LogP contribution in [0.3, 0.4) is 0 Å². The molecule has 0 saturated carbocycles. The molecular weight excluding hydrogens is 275 g/mol. The molecule has 90 valence electrons. The van der Waals surface area contributed by atoms with Gasteiger partial charge in [-0.15, -0.1) is 0 Å². The van der Waals surface area contributed by atoms with E-state index < -0.39 is 13.3 Å². The summed E-state index contributed by atoms with van der Waals surface area (Å²) in [6.45, 7) is 6.54. The first-order valence-corrected chi connectivity index (χ1v) is 13.9. The second-order valence-electron chi connectivity index (χ2n) is 6.23. The SMILES string of the molecule is CC(C)(C)NSc1cc[c]([Ge]([CH3])([CH3])[CH3])cc1. The van der Waals surface area contributed by atoms with Gasteiger partial charge in [0.05, 0.1) is 0 Å². The second-order valence-corrected chi connectivity index (χ2v) is 17.8. The molecule has 1 aromatic rings. The van der Waals surface area contributed by atoms with Gasteiger partial charge in [-0.25, -0.2) is 0 Å². The Bertz CT molecular complexity index is 332. The summed E-state index contributed by atoms with van der Waals surface area (Å²) in [4.78, 5) is 1.30. The van der Waals surface area contributed by atoms with E-state index in [0.29, 0.717) is 0 Å². The van der Waals surface area contributed by atoms with Crippen molar-refractivity contribution in [3.8, 4) is 0 Å². The van der Waals surface area contributed by atoms with E-state index in [0.717, 1.165) is 0 Å². The number of benzene rings is 1. The Morgan fingerprint density at radius 1 is 1.00 bits per heavy atom. The molecule has 1 nitrogen and oxygen atoms in total. The zero-order chi connectivity index (χ0) is 12.4. The summed E-state index contributed by atoms with van der Waals surface area (Å²) in [6, 6.07) is 9.06. The molecule has 0 atom stereocenters. The van der Waals surface area contributed by atoms with Gasteiger partial charge < -0.3 is 0 Å². The average Bonchev–Trinajstić information content (AvgIpc) is 2.13. The fraction of sp³-hybridized carbons (Fsp3) is 0.538. The third-order valence-corrected chi connectivity index (χ3v) is 7.75. The van der Waals surface area contributed by atoms with Gasteiger partial charge in [0, 0.05) is 0 Å². The molecule has 0 bridgehead atoms. The summed E-state index contributed by atoms with van der Waals surface area (Å²) in [7, 11) is 0. The number of rotatable bonds is 3. The normalized spacial score (nSPS) is 12.9. The summed E-state index contributed by atoms with van der Waals surface area (Å²) >= 11 is 0.0882. The van der Waals surface area contributed by atoms with Crippen molar-refractivity contribution in [2.24, 2.45) is 0 Å². The molecule has 1 N–H and O–H groups in total. The summed E-state index contributed by atoms with van der Waals surface area (Å²) in [5.74, 6) is 7.28. The van der Waals surface area contributed by atoms with Gasteiger partial charge in [0.1, 0.15) is 0 Å². The van der Waals surface area contributed by atoms with Gasteiger partial charge in [0.15, 0.2) is 0 Å². The van der Waals surface area contributed by atoms with E-state index in [-0.39, 0.29) is 5.54 Å². The maximum atomic E-state index is 3.43. The third-order valence-electron chi connectivity index (χ3n) is 2.20. The van der Waals surface area contributed by atoms with E-state index in [1.54, 1.807) is 16.3 Å². The first kappa shape index (κ1) is 14.1. The molecule has 1 aromatic carbocycles. The predicted molar refractivity (Wildman–Crippen MR) is 78.2 cm³/mol. The molecule has 0 unspecified atom stereocenters. The van der Waals surface area contributed by atoms with Crippen LogP contribution in [-0.2, 0) is 0 Å². The van der Waals surface area contributed by atoms with Gasteiger partial charge in [0.25, 0.3) is 0 Å². The van der Waals surface area contributed by atoms with Gasteiger partial charge in [-0.1, -0.05) is 0 Å². The van der Waals surface area contributed by atoms with Crippen molar-refractivity contribution in [1.29, 1.82) is 0 Å². The summed E-state index contributed by atoms with van der Waals surface area (Å²) in [5, 5.41) is 0. The standard InChI is InChI=1S/C13H23GeNS/c1-13(2,3)15-16-12-9-7-11(8-10-12)14(4,5)6/h7-10,15H,1-6H3. The van der Waals surface area contributed by atoms with Crippen molar-refractivity contribution in [3.63, 3.8) is 0 Å². The van der Waals surface area contributed by atoms with E-state index in [4.69, 9.17) is 0 Å². The van der Waals surface area contributed by atoms with Crippen LogP contribution in [0.2, 0.25) is 17.3 Å². The molecule has 0 aliphatic rings. The predicted octanol–water partition coefficient (Wildman–Crippen LogP) is 3.63.